The van der Waals surface area contributed by atoms with E-state index in [-0.39, 0.29) is 6.10 Å². The lowest BCUT2D eigenvalue weighted by molar-refractivity contribution is 0.206. The average Bonchev–Trinajstić information content (AvgIpc) is 3.57. The van der Waals surface area contributed by atoms with Crippen LogP contribution in [0.4, 0.5) is 0 Å². The van der Waals surface area contributed by atoms with Crippen molar-refractivity contribution in [2.24, 2.45) is 0 Å². The summed E-state index contributed by atoms with van der Waals surface area (Å²) >= 11 is 0. The molecule has 0 bridgehead atoms. The zero-order valence-electron chi connectivity index (χ0n) is 30.9. The summed E-state index contributed by atoms with van der Waals surface area (Å²) in [6, 6.07) is 56.5. The number of hydrogen-bond acceptors (Lipinski definition) is 3. The molecule has 0 radical (unpaired) electrons. The summed E-state index contributed by atoms with van der Waals surface area (Å²) in [4.78, 5) is 10.2. The standard InChI is InChI=1S/C53H38N2O/c1-3-16-35(17-4-1)48-34-49(55-52(54-48)36-18-5-2-6-19-36)40-23-14-21-38(33-40)37-20-13-22-39(32-37)41-26-15-30-47-51(41)56-50-31-12-11-29-46(50)53(47)44-27-9-7-24-42(44)43-25-8-10-28-45(43)53/h1-13,15-22,24-30,32-34,50H,14,23,31H2. The van der Waals surface area contributed by atoms with Crippen LogP contribution in [0.5, 0.6) is 5.75 Å². The third kappa shape index (κ3) is 5.12. The molecule has 3 nitrogen and oxygen atoms in total. The lowest BCUT2D eigenvalue weighted by Gasteiger charge is -2.45. The second kappa shape index (κ2) is 13.2. The van der Waals surface area contributed by atoms with Crippen LogP contribution < -0.4 is 4.74 Å². The summed E-state index contributed by atoms with van der Waals surface area (Å²) in [7, 11) is 0. The van der Waals surface area contributed by atoms with Crippen molar-refractivity contribution in [1.82, 2.24) is 9.97 Å². The topological polar surface area (TPSA) is 35.0 Å². The zero-order valence-corrected chi connectivity index (χ0v) is 30.9. The van der Waals surface area contributed by atoms with E-state index in [1.165, 1.54) is 50.1 Å². The number of nitrogens with zero attached hydrogens (tertiary/aromatic N) is 2. The number of aromatic nitrogens is 2. The van der Waals surface area contributed by atoms with Crippen molar-refractivity contribution < 1.29 is 4.74 Å². The first-order chi connectivity index (χ1) is 27.8. The van der Waals surface area contributed by atoms with Crippen LogP contribution in [0.1, 0.15) is 47.2 Å². The Kier molecular flexibility index (Phi) is 7.67. The van der Waals surface area contributed by atoms with Crippen molar-refractivity contribution in [2.75, 3.05) is 0 Å². The number of hydrogen-bond donors (Lipinski definition) is 0. The van der Waals surface area contributed by atoms with Crippen molar-refractivity contribution in [1.29, 1.82) is 0 Å². The van der Waals surface area contributed by atoms with Gasteiger partial charge in [0, 0.05) is 28.7 Å². The second-order valence-electron chi connectivity index (χ2n) is 15.1. The summed E-state index contributed by atoms with van der Waals surface area (Å²) in [5.74, 6) is 1.72. The Morgan fingerprint density at radius 1 is 0.554 bits per heavy atom. The molecule has 3 heteroatoms. The fraction of sp³-hybridized carbons (Fsp3) is 0.0943. The minimum Gasteiger partial charge on any atom is -0.485 e. The lowest BCUT2D eigenvalue weighted by atomic mass is 9.62. The van der Waals surface area contributed by atoms with Crippen LogP contribution in [0.15, 0.2) is 194 Å². The fourth-order valence-corrected chi connectivity index (χ4v) is 9.46. The van der Waals surface area contributed by atoms with Gasteiger partial charge in [0.2, 0.25) is 0 Å². The number of rotatable bonds is 5. The maximum atomic E-state index is 7.13. The SMILES string of the molecule is C1=CCC2Oc3c(-c4cccc(C5=CCCC(c6cc(-c7ccccc7)nc(-c7ccccc7)n6)=C5)c4)cccc3C3(C2=C1)c1ccccc1-c1ccccc13. The maximum absolute atomic E-state index is 7.13. The Labute approximate surface area is 327 Å². The number of para-hydroxylation sites is 1. The van der Waals surface area contributed by atoms with Crippen molar-refractivity contribution in [3.05, 3.63) is 222 Å². The molecule has 0 saturated heterocycles. The van der Waals surface area contributed by atoms with E-state index in [0.717, 1.165) is 64.5 Å². The smallest absolute Gasteiger partial charge is 0.160 e. The van der Waals surface area contributed by atoms with Crippen LogP contribution in [0, 0.1) is 0 Å². The Balaban J connectivity index is 1.02. The maximum Gasteiger partial charge on any atom is 0.160 e. The van der Waals surface area contributed by atoms with Crippen molar-refractivity contribution in [3.8, 4) is 50.6 Å². The normalized spacial score (nSPS) is 17.1. The van der Waals surface area contributed by atoms with Gasteiger partial charge in [-0.3, -0.25) is 0 Å². The molecule has 56 heavy (non-hydrogen) atoms. The highest BCUT2D eigenvalue weighted by Crippen LogP contribution is 2.62. The van der Waals surface area contributed by atoms with Crippen LogP contribution >= 0.6 is 0 Å². The minimum absolute atomic E-state index is 0.0583. The first kappa shape index (κ1) is 32.6. The van der Waals surface area contributed by atoms with Crippen LogP contribution in [0.2, 0.25) is 0 Å². The van der Waals surface area contributed by atoms with E-state index in [4.69, 9.17) is 14.7 Å². The molecule has 7 aromatic rings. The zero-order chi connectivity index (χ0) is 37.1. The van der Waals surface area contributed by atoms with Gasteiger partial charge in [-0.15, -0.1) is 0 Å². The number of ether oxygens (including phenoxy) is 1. The lowest BCUT2D eigenvalue weighted by Crippen LogP contribution is -2.42. The van der Waals surface area contributed by atoms with Crippen molar-refractivity contribution in [2.45, 2.75) is 30.8 Å². The van der Waals surface area contributed by atoms with Crippen LogP contribution in [0.25, 0.3) is 56.0 Å². The number of benzene rings is 6. The highest BCUT2D eigenvalue weighted by atomic mass is 16.5. The van der Waals surface area contributed by atoms with Gasteiger partial charge in [-0.05, 0) is 81.2 Å². The molecule has 1 unspecified atom stereocenters. The first-order valence-electron chi connectivity index (χ1n) is 19.6. The van der Waals surface area contributed by atoms with Gasteiger partial charge in [-0.2, -0.15) is 0 Å². The van der Waals surface area contributed by atoms with E-state index in [9.17, 15) is 0 Å². The van der Waals surface area contributed by atoms with E-state index in [2.05, 4.69) is 164 Å². The van der Waals surface area contributed by atoms with E-state index < -0.39 is 5.41 Å². The predicted octanol–water partition coefficient (Wildman–Crippen LogP) is 12.7. The van der Waals surface area contributed by atoms with Crippen molar-refractivity contribution in [3.63, 3.8) is 0 Å². The van der Waals surface area contributed by atoms with Gasteiger partial charge in [-0.25, -0.2) is 9.97 Å². The van der Waals surface area contributed by atoms with Gasteiger partial charge < -0.3 is 4.74 Å². The molecule has 3 aliphatic carbocycles. The summed E-state index contributed by atoms with van der Waals surface area (Å²) < 4.78 is 7.13. The molecule has 0 saturated carbocycles. The van der Waals surface area contributed by atoms with E-state index in [0.29, 0.717) is 0 Å². The van der Waals surface area contributed by atoms with Gasteiger partial charge >= 0.3 is 0 Å². The molecule has 1 aromatic heterocycles. The molecule has 0 amide bonds. The molecule has 1 spiro atoms. The van der Waals surface area contributed by atoms with Gasteiger partial charge in [0.05, 0.1) is 16.8 Å². The largest absolute Gasteiger partial charge is 0.485 e. The van der Waals surface area contributed by atoms with Gasteiger partial charge in [0.15, 0.2) is 5.82 Å². The summed E-state index contributed by atoms with van der Waals surface area (Å²) in [5.41, 5.74) is 17.3. The molecule has 6 aromatic carbocycles. The monoisotopic (exact) mass is 718 g/mol. The number of allylic oxidation sites excluding steroid dienone is 6. The number of fused-ring (bicyclic) bond motifs is 9. The predicted molar refractivity (Wildman–Crippen MR) is 228 cm³/mol. The summed E-state index contributed by atoms with van der Waals surface area (Å²) in [6.07, 6.45) is 14.1. The molecule has 4 aliphatic rings. The van der Waals surface area contributed by atoms with Crippen LogP contribution in [0.3, 0.4) is 0 Å². The highest BCUT2D eigenvalue weighted by Gasteiger charge is 2.53. The van der Waals surface area contributed by atoms with E-state index in [1.54, 1.807) is 0 Å². The molecule has 0 fully saturated rings. The van der Waals surface area contributed by atoms with Crippen LogP contribution in [-0.4, -0.2) is 16.1 Å². The van der Waals surface area contributed by atoms with Gasteiger partial charge in [-0.1, -0.05) is 170 Å². The third-order valence-electron chi connectivity index (χ3n) is 11.9. The van der Waals surface area contributed by atoms with E-state index in [1.807, 2.05) is 24.3 Å². The second-order valence-corrected chi connectivity index (χ2v) is 15.1. The van der Waals surface area contributed by atoms with Gasteiger partial charge in [0.1, 0.15) is 11.9 Å². The molecule has 1 aliphatic heterocycles. The summed E-state index contributed by atoms with van der Waals surface area (Å²) in [6.45, 7) is 0. The third-order valence-corrected chi connectivity index (χ3v) is 11.9. The molecular formula is C53H38N2O. The fourth-order valence-electron chi connectivity index (χ4n) is 9.46. The Hall–Kier alpha value is -6.84. The molecule has 266 valence electrons. The minimum atomic E-state index is -0.428. The molecule has 2 heterocycles. The Morgan fingerprint density at radius 3 is 1.96 bits per heavy atom. The Bertz CT molecular complexity index is 2700. The highest BCUT2D eigenvalue weighted by molar-refractivity contribution is 5.91. The Morgan fingerprint density at radius 2 is 1.18 bits per heavy atom. The molecule has 0 N–H and O–H groups in total. The molecule has 11 rings (SSSR count). The first-order valence-corrected chi connectivity index (χ1v) is 19.6. The quantitative estimate of drug-likeness (QED) is 0.178. The summed E-state index contributed by atoms with van der Waals surface area (Å²) in [5, 5.41) is 0. The van der Waals surface area contributed by atoms with Crippen molar-refractivity contribution >= 4 is 11.1 Å². The molecular weight excluding hydrogens is 681 g/mol. The van der Waals surface area contributed by atoms with Crippen LogP contribution in [-0.2, 0) is 5.41 Å². The molecule has 1 atom stereocenters. The van der Waals surface area contributed by atoms with Gasteiger partial charge in [0.25, 0.3) is 0 Å². The van der Waals surface area contributed by atoms with E-state index >= 15 is 0 Å². The average molecular weight is 719 g/mol.